The summed E-state index contributed by atoms with van der Waals surface area (Å²) in [6.45, 7) is 5.39. The van der Waals surface area contributed by atoms with E-state index in [0.717, 1.165) is 23.5 Å². The summed E-state index contributed by atoms with van der Waals surface area (Å²) in [6.07, 6.45) is 21.1. The van der Waals surface area contributed by atoms with Crippen molar-refractivity contribution in [1.82, 2.24) is 0 Å². The third-order valence-electron chi connectivity index (χ3n) is 7.19. The van der Waals surface area contributed by atoms with Gasteiger partial charge in [0.05, 0.1) is 20.6 Å². The van der Waals surface area contributed by atoms with Crippen molar-refractivity contribution < 1.29 is 30.2 Å². The van der Waals surface area contributed by atoms with E-state index in [1.807, 2.05) is 0 Å². The van der Waals surface area contributed by atoms with Gasteiger partial charge < -0.3 is 35.9 Å². The van der Waals surface area contributed by atoms with Gasteiger partial charge in [0, 0.05) is 32.9 Å². The third kappa shape index (κ3) is 25.3. The Labute approximate surface area is 256 Å². The zero-order valence-electron chi connectivity index (χ0n) is 26.4. The van der Waals surface area contributed by atoms with Crippen molar-refractivity contribution in [2.24, 2.45) is 5.73 Å². The van der Waals surface area contributed by atoms with E-state index in [9.17, 15) is 0 Å². The molecule has 5 nitrogen and oxygen atoms in total. The van der Waals surface area contributed by atoms with Gasteiger partial charge in [-0.15, -0.1) is 12.4 Å². The van der Waals surface area contributed by atoms with Crippen LogP contribution >= 0.6 is 12.4 Å². The highest BCUT2D eigenvalue weighted by Crippen LogP contribution is 2.15. The molecule has 0 aromatic heterocycles. The Hall–Kier alpha value is -0.183. The van der Waals surface area contributed by atoms with Crippen LogP contribution in [0.1, 0.15) is 109 Å². The predicted octanol–water partition coefficient (Wildman–Crippen LogP) is 5.38. The van der Waals surface area contributed by atoms with Crippen LogP contribution in [-0.2, 0) is 19.8 Å². The van der Waals surface area contributed by atoms with E-state index in [-0.39, 0.29) is 24.8 Å². The number of halogens is 2. The summed E-state index contributed by atoms with van der Waals surface area (Å²) in [7, 11) is 7.24. The summed E-state index contributed by atoms with van der Waals surface area (Å²) in [5.74, 6) is 0. The molecule has 0 saturated carbocycles. The lowest BCUT2D eigenvalue weighted by Crippen LogP contribution is -3.00. The van der Waals surface area contributed by atoms with E-state index in [1.165, 1.54) is 102 Å². The van der Waals surface area contributed by atoms with Gasteiger partial charge in [-0.05, 0) is 25.8 Å². The number of rotatable bonds is 23. The van der Waals surface area contributed by atoms with Crippen LogP contribution in [0.4, 0.5) is 0 Å². The van der Waals surface area contributed by atoms with Crippen LogP contribution in [0.25, 0.3) is 0 Å². The van der Waals surface area contributed by atoms with E-state index in [1.54, 1.807) is 21.3 Å². The highest BCUT2D eigenvalue weighted by Gasteiger charge is 2.36. The van der Waals surface area contributed by atoms with Gasteiger partial charge in [0.2, 0.25) is 0 Å². The molecule has 0 bridgehead atoms. The number of unbranched alkanes of at least 4 members (excludes halogenated alkanes) is 13. The number of hydrogen-bond donors (Lipinski definition) is 1. The van der Waals surface area contributed by atoms with Crippen molar-refractivity contribution in [2.45, 2.75) is 116 Å². The molecule has 0 heterocycles. The summed E-state index contributed by atoms with van der Waals surface area (Å²) in [5.41, 5.74) is 6.82. The zero-order chi connectivity index (χ0) is 27.7. The number of nitrogens with two attached hydrogens (primary N) is 1. The third-order valence-corrected chi connectivity index (χ3v) is 10.0. The van der Waals surface area contributed by atoms with E-state index < -0.39 is 8.80 Å². The number of quaternary nitrogens is 1. The summed E-state index contributed by atoms with van der Waals surface area (Å²) in [6, 6.07) is 11.7. The summed E-state index contributed by atoms with van der Waals surface area (Å²) in [5, 5.41) is 0. The van der Waals surface area contributed by atoms with Gasteiger partial charge in [0.1, 0.15) is 6.54 Å². The highest BCUT2D eigenvalue weighted by molar-refractivity contribution is 6.60. The van der Waals surface area contributed by atoms with Gasteiger partial charge in [-0.1, -0.05) is 114 Å². The molecule has 0 aliphatic rings. The molecule has 0 saturated heterocycles. The van der Waals surface area contributed by atoms with Crippen LogP contribution in [0.3, 0.4) is 0 Å². The first-order valence-electron chi connectivity index (χ1n) is 15.1. The predicted molar refractivity (Wildman–Crippen MR) is 170 cm³/mol. The first-order valence-corrected chi connectivity index (χ1v) is 17.0. The molecule has 0 amide bonds. The maximum Gasteiger partial charge on any atom is 0.500 e. The first kappa shape index (κ1) is 43.3. The molecule has 0 unspecified atom stereocenters. The van der Waals surface area contributed by atoms with Gasteiger partial charge in [0.25, 0.3) is 0 Å². The van der Waals surface area contributed by atoms with Gasteiger partial charge in [-0.2, -0.15) is 0 Å². The quantitative estimate of drug-likeness (QED) is 0.103. The molecule has 1 aromatic rings. The molecule has 1 aromatic carbocycles. The molecule has 2 N–H and O–H groups in total. The summed E-state index contributed by atoms with van der Waals surface area (Å²) < 4.78 is 16.6. The van der Waals surface area contributed by atoms with Crippen LogP contribution in [0.15, 0.2) is 30.3 Å². The lowest BCUT2D eigenvalue weighted by Gasteiger charge is -2.30. The molecule has 0 fully saturated rings. The fourth-order valence-electron chi connectivity index (χ4n) is 4.77. The second-order valence-corrected chi connectivity index (χ2v) is 14.2. The van der Waals surface area contributed by atoms with Crippen LogP contribution in [0, 0.1) is 0 Å². The van der Waals surface area contributed by atoms with Crippen molar-refractivity contribution in [3.63, 3.8) is 0 Å². The molecular formula is C31H64Cl2N2O3Si. The topological polar surface area (TPSA) is 53.7 Å². The Morgan fingerprint density at radius 3 is 1.46 bits per heavy atom. The summed E-state index contributed by atoms with van der Waals surface area (Å²) in [4.78, 5) is 0. The fourth-order valence-corrected chi connectivity index (χ4v) is 6.52. The minimum Gasteiger partial charge on any atom is -1.00 e. The van der Waals surface area contributed by atoms with Crippen molar-refractivity contribution >= 4 is 21.2 Å². The molecule has 0 atom stereocenters. The first-order chi connectivity index (χ1) is 17.9. The lowest BCUT2D eigenvalue weighted by molar-refractivity contribution is -0.903. The SMILES string of the molecule is CCCCCCCCCCCCCCCC[N+](C)(C)Cc1ccccc1.CO[Si](CCCN)(OC)OC.Cl.[Cl-]. The van der Waals surface area contributed by atoms with Gasteiger partial charge in [-0.25, -0.2) is 0 Å². The minimum absolute atomic E-state index is 0. The Morgan fingerprint density at radius 2 is 1.08 bits per heavy atom. The monoisotopic (exact) mass is 610 g/mol. The highest BCUT2D eigenvalue weighted by atomic mass is 35.5. The lowest BCUT2D eigenvalue weighted by atomic mass is 10.0. The number of hydrogen-bond acceptors (Lipinski definition) is 4. The van der Waals surface area contributed by atoms with Gasteiger partial charge >= 0.3 is 8.80 Å². The fraction of sp³-hybridized carbons (Fsp3) is 0.806. The maximum atomic E-state index is 5.36. The van der Waals surface area contributed by atoms with Gasteiger partial charge in [0.15, 0.2) is 0 Å². The van der Waals surface area contributed by atoms with Crippen molar-refractivity contribution in [1.29, 1.82) is 0 Å². The maximum absolute atomic E-state index is 5.36. The second kappa shape index (κ2) is 29.3. The smallest absolute Gasteiger partial charge is 0.500 e. The van der Waals surface area contributed by atoms with Crippen molar-refractivity contribution in [3.05, 3.63) is 35.9 Å². The Morgan fingerprint density at radius 1 is 0.667 bits per heavy atom. The van der Waals surface area contributed by atoms with Crippen molar-refractivity contribution in [3.8, 4) is 0 Å². The molecule has 0 aliphatic carbocycles. The average Bonchev–Trinajstić information content (AvgIpc) is 2.91. The molecule has 1 rings (SSSR count). The summed E-state index contributed by atoms with van der Waals surface area (Å²) >= 11 is 0. The van der Waals surface area contributed by atoms with E-state index in [2.05, 4.69) is 51.4 Å². The molecule has 0 aliphatic heterocycles. The number of benzene rings is 1. The van der Waals surface area contributed by atoms with E-state index in [0.29, 0.717) is 6.54 Å². The van der Waals surface area contributed by atoms with Crippen LogP contribution in [0.2, 0.25) is 6.04 Å². The minimum atomic E-state index is -2.32. The number of nitrogens with zero attached hydrogens (tertiary/aromatic N) is 1. The Balaban J connectivity index is -0.000000849. The second-order valence-electron chi connectivity index (χ2n) is 11.1. The van der Waals surface area contributed by atoms with Crippen LogP contribution < -0.4 is 18.1 Å². The van der Waals surface area contributed by atoms with E-state index >= 15 is 0 Å². The molecule has 0 radical (unpaired) electrons. The van der Waals surface area contributed by atoms with Crippen LogP contribution in [0.5, 0.6) is 0 Å². The molecular weight excluding hydrogens is 547 g/mol. The van der Waals surface area contributed by atoms with Crippen molar-refractivity contribution in [2.75, 3.05) is 48.5 Å². The Kier molecular flexibility index (Phi) is 32.5. The Bertz CT molecular complexity index is 600. The molecule has 0 spiro atoms. The zero-order valence-corrected chi connectivity index (χ0v) is 28.9. The van der Waals surface area contributed by atoms with Crippen LogP contribution in [-0.4, -0.2) is 61.8 Å². The average molecular weight is 612 g/mol. The molecule has 8 heteroatoms. The largest absolute Gasteiger partial charge is 1.00 e. The standard InChI is InChI=1S/C25H46N.C6H17NO3Si.2ClH/c1-4-5-6-7-8-9-10-11-12-13-14-15-16-20-23-26(2,3)24-25-21-18-17-19-22-25;1-8-11(9-2,10-3)6-4-5-7;;/h17-19,21-22H,4-16,20,23-24H2,1-3H3;4-7H2,1-3H3;2*1H/q+1;;;/p-1. The molecule has 234 valence electrons. The van der Waals surface area contributed by atoms with E-state index in [4.69, 9.17) is 19.0 Å². The molecule has 39 heavy (non-hydrogen) atoms. The van der Waals surface area contributed by atoms with Gasteiger partial charge in [-0.3, -0.25) is 0 Å². The normalized spacial score (nSPS) is 11.3.